The smallest absolute Gasteiger partial charge is 0.302 e. The van der Waals surface area contributed by atoms with Gasteiger partial charge in [-0.1, -0.05) is 66.7 Å². The van der Waals surface area contributed by atoms with E-state index in [4.69, 9.17) is 4.74 Å². The summed E-state index contributed by atoms with van der Waals surface area (Å²) in [7, 11) is 0. The maximum absolute atomic E-state index is 13.9. The van der Waals surface area contributed by atoms with Crippen LogP contribution in [0.1, 0.15) is 39.6 Å². The second-order valence-electron chi connectivity index (χ2n) is 10.5. The van der Waals surface area contributed by atoms with Gasteiger partial charge in [0.25, 0.3) is 11.8 Å². The molecule has 1 saturated heterocycles. The predicted molar refractivity (Wildman–Crippen MR) is 159 cm³/mol. The number of nitrogens with one attached hydrogen (secondary N) is 1. The number of esters is 1. The summed E-state index contributed by atoms with van der Waals surface area (Å²) in [6, 6.07) is 32.4. The van der Waals surface area contributed by atoms with Gasteiger partial charge in [0.15, 0.2) is 0 Å². The first-order valence-corrected chi connectivity index (χ1v) is 13.8. The van der Waals surface area contributed by atoms with E-state index in [1.807, 2.05) is 83.8 Å². The van der Waals surface area contributed by atoms with Gasteiger partial charge in [-0.15, -0.1) is 0 Å². The summed E-state index contributed by atoms with van der Waals surface area (Å²) in [4.78, 5) is 42.8. The summed E-state index contributed by atoms with van der Waals surface area (Å²) in [6.45, 7) is 3.28. The van der Waals surface area contributed by atoms with Crippen molar-refractivity contribution in [3.05, 3.63) is 120 Å². The number of rotatable bonds is 5. The number of benzene rings is 4. The molecule has 6 rings (SSSR count). The van der Waals surface area contributed by atoms with Crippen molar-refractivity contribution >= 4 is 29.2 Å². The minimum Gasteiger partial charge on any atom is -0.461 e. The Hall–Kier alpha value is -4.75. The van der Waals surface area contributed by atoms with Crippen molar-refractivity contribution in [2.24, 2.45) is 0 Å². The maximum atomic E-state index is 13.9. The van der Waals surface area contributed by atoms with Crippen molar-refractivity contribution in [1.82, 2.24) is 4.90 Å². The van der Waals surface area contributed by atoms with Gasteiger partial charge in [0.2, 0.25) is 0 Å². The van der Waals surface area contributed by atoms with Crippen LogP contribution < -0.4 is 10.2 Å². The zero-order chi connectivity index (χ0) is 28.3. The molecular weight excluding hydrogens is 514 g/mol. The van der Waals surface area contributed by atoms with Crippen LogP contribution in [-0.4, -0.2) is 47.9 Å². The third-order valence-corrected chi connectivity index (χ3v) is 7.76. The molecule has 41 heavy (non-hydrogen) atoms. The van der Waals surface area contributed by atoms with Crippen LogP contribution in [0.3, 0.4) is 0 Å². The number of para-hydroxylation sites is 1. The highest BCUT2D eigenvalue weighted by Gasteiger charge is 2.39. The molecule has 0 saturated carbocycles. The van der Waals surface area contributed by atoms with Gasteiger partial charge in [0.05, 0.1) is 0 Å². The molecule has 0 spiro atoms. The molecule has 0 radical (unpaired) electrons. The fourth-order valence-electron chi connectivity index (χ4n) is 5.87. The van der Waals surface area contributed by atoms with Crippen LogP contribution in [0.5, 0.6) is 0 Å². The number of nitrogens with zero attached hydrogens (tertiary/aromatic N) is 2. The molecule has 7 heteroatoms. The first-order valence-electron chi connectivity index (χ1n) is 13.8. The molecule has 4 aromatic rings. The summed E-state index contributed by atoms with van der Waals surface area (Å²) in [5.74, 6) is -0.604. The van der Waals surface area contributed by atoms with Gasteiger partial charge < -0.3 is 15.0 Å². The van der Waals surface area contributed by atoms with Crippen LogP contribution in [0, 0.1) is 0 Å². The fourth-order valence-corrected chi connectivity index (χ4v) is 5.87. The molecule has 7 nitrogen and oxygen atoms in total. The molecule has 1 fully saturated rings. The van der Waals surface area contributed by atoms with Gasteiger partial charge in [-0.25, -0.2) is 0 Å². The zero-order valence-electron chi connectivity index (χ0n) is 22.8. The van der Waals surface area contributed by atoms with Crippen LogP contribution in [0.4, 0.5) is 11.4 Å². The molecule has 206 valence electrons. The molecule has 0 aromatic heterocycles. The lowest BCUT2D eigenvalue weighted by Gasteiger charge is -2.26. The van der Waals surface area contributed by atoms with Gasteiger partial charge in [-0.2, -0.15) is 0 Å². The van der Waals surface area contributed by atoms with E-state index in [9.17, 15) is 14.4 Å². The zero-order valence-corrected chi connectivity index (χ0v) is 22.8. The molecule has 0 unspecified atom stereocenters. The minimum atomic E-state index is -0.281. The number of carbonyl (C=O) groups excluding carboxylic acids is 3. The number of ether oxygens (including phenoxy) is 1. The van der Waals surface area contributed by atoms with Crippen LogP contribution in [-0.2, 0) is 16.1 Å². The van der Waals surface area contributed by atoms with Crippen molar-refractivity contribution in [3.63, 3.8) is 0 Å². The highest BCUT2D eigenvalue weighted by atomic mass is 16.5. The lowest BCUT2D eigenvalue weighted by atomic mass is 9.99. The molecule has 2 aliphatic rings. The quantitative estimate of drug-likeness (QED) is 0.322. The Bertz CT molecular complexity index is 1590. The minimum absolute atomic E-state index is 0.0824. The van der Waals surface area contributed by atoms with Crippen LogP contribution in [0.2, 0.25) is 0 Å². The summed E-state index contributed by atoms with van der Waals surface area (Å²) in [5, 5.41) is 2.98. The van der Waals surface area contributed by atoms with Crippen molar-refractivity contribution in [2.45, 2.75) is 32.0 Å². The van der Waals surface area contributed by atoms with Crippen molar-refractivity contribution < 1.29 is 19.1 Å². The van der Waals surface area contributed by atoms with Crippen molar-refractivity contribution in [1.29, 1.82) is 0 Å². The Morgan fingerprint density at radius 3 is 2.29 bits per heavy atom. The molecule has 1 N–H and O–H groups in total. The normalized spacial score (nSPS) is 18.1. The average molecular weight is 546 g/mol. The SMILES string of the molecule is CC(=O)O[C@@H]1C[C@@H]2CN(C(=O)c3ccc(NC(=O)c4ccccc4-c4ccccc4)cc3)c3ccccc3CN2C1. The number of carbonyl (C=O) groups is 3. The van der Waals surface area contributed by atoms with E-state index in [0.717, 1.165) is 22.4 Å². The highest BCUT2D eigenvalue weighted by Crippen LogP contribution is 2.33. The standard InChI is InChI=1S/C34H31N3O4/c1-23(38)41-29-19-28-21-37(32-14-8-5-11-26(32)20-36(28)22-29)34(40)25-15-17-27(18-16-25)35-33(39)31-13-7-6-12-30(31)24-9-3-2-4-10-24/h2-18,28-29H,19-22H2,1H3,(H,35,39)/t28-,29-/m1/s1. The first kappa shape index (κ1) is 26.5. The second kappa shape index (κ2) is 11.4. The van der Waals surface area contributed by atoms with Crippen LogP contribution in [0.15, 0.2) is 103 Å². The summed E-state index contributed by atoms with van der Waals surface area (Å²) >= 11 is 0. The number of anilines is 2. The molecule has 2 amide bonds. The van der Waals surface area contributed by atoms with Crippen molar-refractivity contribution in [2.75, 3.05) is 23.3 Å². The Kier molecular flexibility index (Phi) is 7.35. The third kappa shape index (κ3) is 5.62. The lowest BCUT2D eigenvalue weighted by molar-refractivity contribution is -0.145. The first-order chi connectivity index (χ1) is 20.0. The van der Waals surface area contributed by atoms with E-state index >= 15 is 0 Å². The second-order valence-corrected chi connectivity index (χ2v) is 10.5. The van der Waals surface area contributed by atoms with Gasteiger partial charge in [-0.3, -0.25) is 19.3 Å². The fraction of sp³-hybridized carbons (Fsp3) is 0.206. The topological polar surface area (TPSA) is 79.0 Å². The van der Waals surface area contributed by atoms with E-state index in [0.29, 0.717) is 42.9 Å². The van der Waals surface area contributed by atoms with Gasteiger partial charge in [-0.05, 0) is 53.1 Å². The molecule has 2 atom stereocenters. The summed E-state index contributed by atoms with van der Waals surface area (Å²) < 4.78 is 5.50. The molecular formula is C34H31N3O4. The summed E-state index contributed by atoms with van der Waals surface area (Å²) in [6.07, 6.45) is 0.516. The van der Waals surface area contributed by atoms with Crippen LogP contribution >= 0.6 is 0 Å². The van der Waals surface area contributed by atoms with Gasteiger partial charge in [0, 0.05) is 61.5 Å². The molecule has 2 heterocycles. The molecule has 2 aliphatic heterocycles. The Morgan fingerprint density at radius 1 is 0.805 bits per heavy atom. The number of fused-ring (bicyclic) bond motifs is 2. The number of hydrogen-bond acceptors (Lipinski definition) is 5. The Morgan fingerprint density at radius 2 is 1.51 bits per heavy atom. The van der Waals surface area contributed by atoms with E-state index in [1.165, 1.54) is 6.92 Å². The maximum Gasteiger partial charge on any atom is 0.302 e. The number of hydrogen-bond donors (Lipinski definition) is 1. The largest absolute Gasteiger partial charge is 0.461 e. The lowest BCUT2D eigenvalue weighted by Crippen LogP contribution is -2.40. The third-order valence-electron chi connectivity index (χ3n) is 7.76. The Balaban J connectivity index is 1.20. The molecule has 4 aromatic carbocycles. The molecule has 0 bridgehead atoms. The highest BCUT2D eigenvalue weighted by molar-refractivity contribution is 6.10. The van der Waals surface area contributed by atoms with E-state index in [1.54, 1.807) is 24.3 Å². The average Bonchev–Trinajstić information content (AvgIpc) is 3.28. The predicted octanol–water partition coefficient (Wildman–Crippen LogP) is 5.77. The van der Waals surface area contributed by atoms with Crippen LogP contribution in [0.25, 0.3) is 11.1 Å². The summed E-state index contributed by atoms with van der Waals surface area (Å²) in [5.41, 5.74) is 5.50. The van der Waals surface area contributed by atoms with E-state index < -0.39 is 0 Å². The van der Waals surface area contributed by atoms with Crippen molar-refractivity contribution in [3.8, 4) is 11.1 Å². The van der Waals surface area contributed by atoms with E-state index in [-0.39, 0.29) is 29.9 Å². The van der Waals surface area contributed by atoms with E-state index in [2.05, 4.69) is 10.2 Å². The monoisotopic (exact) mass is 545 g/mol. The Labute approximate surface area is 239 Å². The molecule has 0 aliphatic carbocycles. The van der Waals surface area contributed by atoms with Gasteiger partial charge in [0.1, 0.15) is 6.10 Å². The number of amides is 2. The van der Waals surface area contributed by atoms with Gasteiger partial charge >= 0.3 is 5.97 Å².